The first kappa shape index (κ1) is 17.2. The standard InChI is InChI=1S/C16H8Br3ClN4O/c17-9-4-8-7-25-16(23-13(8)10(18)5-9)15-22-12(19)6-24(15)14-11(20)2-1-3-21-14/h1-6H,7H2. The van der Waals surface area contributed by atoms with Crippen molar-refractivity contribution < 1.29 is 4.74 Å². The molecule has 1 aliphatic heterocycles. The van der Waals surface area contributed by atoms with Crippen LogP contribution in [0.3, 0.4) is 0 Å². The van der Waals surface area contributed by atoms with E-state index in [1.165, 1.54) is 0 Å². The number of rotatable bonds is 2. The second kappa shape index (κ2) is 6.83. The molecule has 1 aromatic carbocycles. The van der Waals surface area contributed by atoms with E-state index in [0.29, 0.717) is 33.8 Å². The second-order valence-corrected chi connectivity index (χ2v) is 8.16. The van der Waals surface area contributed by atoms with Crippen LogP contribution < -0.4 is 0 Å². The van der Waals surface area contributed by atoms with Crippen molar-refractivity contribution >= 4 is 71.0 Å². The van der Waals surface area contributed by atoms with Crippen molar-refractivity contribution in [2.45, 2.75) is 6.61 Å². The number of fused-ring (bicyclic) bond motifs is 1. The average Bonchev–Trinajstić information content (AvgIpc) is 2.96. The van der Waals surface area contributed by atoms with Crippen molar-refractivity contribution in [1.82, 2.24) is 14.5 Å². The van der Waals surface area contributed by atoms with Crippen molar-refractivity contribution in [1.29, 1.82) is 0 Å². The molecule has 9 heteroatoms. The first-order valence-electron chi connectivity index (χ1n) is 7.08. The van der Waals surface area contributed by atoms with Gasteiger partial charge in [-0.25, -0.2) is 15.0 Å². The molecule has 2 aromatic heterocycles. The number of aliphatic imine (C=N–C) groups is 1. The number of pyridine rings is 1. The van der Waals surface area contributed by atoms with Gasteiger partial charge in [-0.1, -0.05) is 27.5 Å². The topological polar surface area (TPSA) is 52.3 Å². The summed E-state index contributed by atoms with van der Waals surface area (Å²) >= 11 is 16.7. The molecule has 3 aromatic rings. The quantitative estimate of drug-likeness (QED) is 0.407. The molecular formula is C16H8Br3ClN4O. The molecular weight excluding hydrogens is 539 g/mol. The first-order chi connectivity index (χ1) is 12.0. The van der Waals surface area contributed by atoms with Gasteiger partial charge in [0.25, 0.3) is 5.90 Å². The molecule has 0 N–H and O–H groups in total. The third-order valence-corrected chi connectivity index (χ3v) is 5.26. The third-order valence-electron chi connectivity index (χ3n) is 3.52. The number of benzene rings is 1. The fraction of sp³-hybridized carbons (Fsp3) is 0.0625. The molecule has 3 heterocycles. The molecule has 0 saturated carbocycles. The van der Waals surface area contributed by atoms with E-state index in [4.69, 9.17) is 16.3 Å². The average molecular weight is 547 g/mol. The van der Waals surface area contributed by atoms with E-state index in [2.05, 4.69) is 62.8 Å². The van der Waals surface area contributed by atoms with Gasteiger partial charge in [-0.05, 0) is 56.1 Å². The number of aromatic nitrogens is 3. The Balaban J connectivity index is 1.87. The minimum absolute atomic E-state index is 0.395. The molecule has 0 saturated heterocycles. The summed E-state index contributed by atoms with van der Waals surface area (Å²) < 4.78 is 10.1. The Hall–Kier alpha value is -1.22. The van der Waals surface area contributed by atoms with Crippen molar-refractivity contribution in [3.8, 4) is 5.82 Å². The lowest BCUT2D eigenvalue weighted by molar-refractivity contribution is 0.285. The smallest absolute Gasteiger partial charge is 0.259 e. The molecule has 126 valence electrons. The van der Waals surface area contributed by atoms with Gasteiger partial charge in [0.2, 0.25) is 5.82 Å². The normalized spacial score (nSPS) is 13.2. The van der Waals surface area contributed by atoms with Gasteiger partial charge in [-0.15, -0.1) is 0 Å². The maximum Gasteiger partial charge on any atom is 0.259 e. The van der Waals surface area contributed by atoms with Crippen LogP contribution in [0.5, 0.6) is 0 Å². The van der Waals surface area contributed by atoms with E-state index in [0.717, 1.165) is 20.2 Å². The molecule has 5 nitrogen and oxygen atoms in total. The molecule has 0 atom stereocenters. The Bertz CT molecular complexity index is 1020. The van der Waals surface area contributed by atoms with Gasteiger partial charge in [0.1, 0.15) is 11.2 Å². The fourth-order valence-corrected chi connectivity index (χ4v) is 4.46. The molecule has 1 aliphatic rings. The number of hydrogen-bond acceptors (Lipinski definition) is 4. The summed E-state index contributed by atoms with van der Waals surface area (Å²) in [4.78, 5) is 13.4. The molecule has 0 unspecified atom stereocenters. The van der Waals surface area contributed by atoms with E-state index >= 15 is 0 Å². The molecule has 0 aliphatic carbocycles. The molecule has 4 rings (SSSR count). The van der Waals surface area contributed by atoms with Crippen molar-refractivity contribution in [2.24, 2.45) is 4.99 Å². The SMILES string of the molecule is Clc1cccnc1-n1cc(Br)nc1C1=Nc2c(Br)cc(Br)cc2CO1. The number of nitrogens with zero attached hydrogens (tertiary/aromatic N) is 4. The Morgan fingerprint density at radius 2 is 2.04 bits per heavy atom. The van der Waals surface area contributed by atoms with Crippen molar-refractivity contribution in [2.75, 3.05) is 0 Å². The summed E-state index contributed by atoms with van der Waals surface area (Å²) in [5.41, 5.74) is 1.81. The summed E-state index contributed by atoms with van der Waals surface area (Å²) in [6.07, 6.45) is 3.45. The largest absolute Gasteiger partial charge is 0.470 e. The summed E-state index contributed by atoms with van der Waals surface area (Å²) in [6, 6.07) is 7.48. The highest BCUT2D eigenvalue weighted by Gasteiger charge is 2.23. The molecule has 0 bridgehead atoms. The van der Waals surface area contributed by atoms with Crippen LogP contribution in [0.15, 0.2) is 55.2 Å². The van der Waals surface area contributed by atoms with Gasteiger partial charge in [0.05, 0.1) is 10.7 Å². The first-order valence-corrected chi connectivity index (χ1v) is 9.84. The molecule has 25 heavy (non-hydrogen) atoms. The molecule has 0 spiro atoms. The van der Waals surface area contributed by atoms with E-state index in [1.807, 2.05) is 12.1 Å². The Labute approximate surface area is 173 Å². The number of imidazole rings is 1. The highest BCUT2D eigenvalue weighted by Crippen LogP contribution is 2.37. The Morgan fingerprint density at radius 3 is 2.84 bits per heavy atom. The minimum atomic E-state index is 0.395. The van der Waals surface area contributed by atoms with E-state index in [9.17, 15) is 0 Å². The number of halogens is 4. The van der Waals surface area contributed by atoms with Crippen LogP contribution in [-0.4, -0.2) is 20.4 Å². The number of ether oxygens (including phenoxy) is 1. The minimum Gasteiger partial charge on any atom is -0.470 e. The summed E-state index contributed by atoms with van der Waals surface area (Å²) in [7, 11) is 0. The maximum absolute atomic E-state index is 6.28. The zero-order chi connectivity index (χ0) is 17.6. The third kappa shape index (κ3) is 3.28. The van der Waals surface area contributed by atoms with E-state index in [-0.39, 0.29) is 0 Å². The number of hydrogen-bond donors (Lipinski definition) is 0. The zero-order valence-electron chi connectivity index (χ0n) is 12.4. The van der Waals surface area contributed by atoms with Crippen LogP contribution in [-0.2, 0) is 11.3 Å². The zero-order valence-corrected chi connectivity index (χ0v) is 17.9. The van der Waals surface area contributed by atoms with E-state index in [1.54, 1.807) is 29.1 Å². The Morgan fingerprint density at radius 1 is 1.20 bits per heavy atom. The summed E-state index contributed by atoms with van der Waals surface area (Å²) in [5, 5.41) is 0.510. The van der Waals surface area contributed by atoms with Gasteiger partial charge < -0.3 is 4.74 Å². The maximum atomic E-state index is 6.28. The monoisotopic (exact) mass is 544 g/mol. The van der Waals surface area contributed by atoms with Gasteiger partial charge in [-0.3, -0.25) is 4.57 Å². The van der Waals surface area contributed by atoms with Crippen LogP contribution in [0.1, 0.15) is 11.4 Å². The molecule has 0 fully saturated rings. The molecule has 0 amide bonds. The van der Waals surface area contributed by atoms with Gasteiger partial charge in [-0.2, -0.15) is 0 Å². The van der Waals surface area contributed by atoms with E-state index < -0.39 is 0 Å². The van der Waals surface area contributed by atoms with Crippen LogP contribution in [0.2, 0.25) is 5.02 Å². The summed E-state index contributed by atoms with van der Waals surface area (Å²) in [5.74, 6) is 1.49. The van der Waals surface area contributed by atoms with Crippen LogP contribution in [0.25, 0.3) is 5.82 Å². The van der Waals surface area contributed by atoms with Gasteiger partial charge >= 0.3 is 0 Å². The highest BCUT2D eigenvalue weighted by atomic mass is 79.9. The fourth-order valence-electron chi connectivity index (χ4n) is 2.47. The summed E-state index contributed by atoms with van der Waals surface area (Å²) in [6.45, 7) is 0.395. The van der Waals surface area contributed by atoms with Crippen LogP contribution in [0, 0.1) is 0 Å². The predicted octanol–water partition coefficient (Wildman–Crippen LogP) is 5.82. The lowest BCUT2D eigenvalue weighted by Gasteiger charge is -2.18. The van der Waals surface area contributed by atoms with Crippen molar-refractivity contribution in [3.63, 3.8) is 0 Å². The second-order valence-electron chi connectivity index (χ2n) is 5.17. The van der Waals surface area contributed by atoms with Crippen molar-refractivity contribution in [3.05, 3.63) is 66.6 Å². The van der Waals surface area contributed by atoms with Gasteiger partial charge in [0, 0.05) is 26.9 Å². The lowest BCUT2D eigenvalue weighted by Crippen LogP contribution is -2.17. The Kier molecular flexibility index (Phi) is 4.70. The molecule has 0 radical (unpaired) electrons. The predicted molar refractivity (Wildman–Crippen MR) is 107 cm³/mol. The lowest BCUT2D eigenvalue weighted by atomic mass is 10.2. The highest BCUT2D eigenvalue weighted by molar-refractivity contribution is 9.11. The van der Waals surface area contributed by atoms with Crippen LogP contribution >= 0.6 is 59.4 Å². The van der Waals surface area contributed by atoms with Crippen LogP contribution in [0.4, 0.5) is 5.69 Å². The van der Waals surface area contributed by atoms with Gasteiger partial charge in [0.15, 0.2) is 5.82 Å².